The quantitative estimate of drug-likeness (QED) is 0.724. The van der Waals surface area contributed by atoms with Gasteiger partial charge in [-0.1, -0.05) is 23.3 Å². The minimum Gasteiger partial charge on any atom is -0.255 e. The van der Waals surface area contributed by atoms with Crippen LogP contribution in [0.5, 0.6) is 0 Å². The molecule has 0 saturated carbocycles. The first-order valence-corrected chi connectivity index (χ1v) is 6.50. The van der Waals surface area contributed by atoms with Gasteiger partial charge in [-0.25, -0.2) is 8.42 Å². The van der Waals surface area contributed by atoms with Crippen molar-refractivity contribution in [2.45, 2.75) is 10.1 Å². The normalized spacial score (nSPS) is 11.8. The van der Waals surface area contributed by atoms with Gasteiger partial charge in [-0.05, 0) is 17.3 Å². The van der Waals surface area contributed by atoms with E-state index in [9.17, 15) is 8.42 Å². The molecule has 1 aromatic carbocycles. The molecule has 0 radical (unpaired) electrons. The number of pyridine rings is 1. The van der Waals surface area contributed by atoms with Gasteiger partial charge in [0, 0.05) is 11.6 Å². The summed E-state index contributed by atoms with van der Waals surface area (Å²) in [5, 5.41) is 12.8. The predicted octanol–water partition coefficient (Wildman–Crippen LogP) is 0.581. The number of tetrazole rings is 1. The number of hydrogen-bond donors (Lipinski definition) is 1. The monoisotopic (exact) mass is 261 g/mol. The van der Waals surface area contributed by atoms with Crippen molar-refractivity contribution in [3.05, 3.63) is 36.5 Å². The molecule has 0 bridgehead atoms. The van der Waals surface area contributed by atoms with Gasteiger partial charge in [-0.3, -0.25) is 4.98 Å². The van der Waals surface area contributed by atoms with Crippen molar-refractivity contribution in [2.75, 3.05) is 0 Å². The van der Waals surface area contributed by atoms with E-state index in [1.54, 1.807) is 24.3 Å². The highest BCUT2D eigenvalue weighted by Crippen LogP contribution is 2.24. The van der Waals surface area contributed by atoms with Crippen molar-refractivity contribution < 1.29 is 8.42 Å². The van der Waals surface area contributed by atoms with Gasteiger partial charge in [-0.2, -0.15) is 5.21 Å². The van der Waals surface area contributed by atoms with Gasteiger partial charge in [0.2, 0.25) is 9.84 Å². The number of sulfone groups is 1. The van der Waals surface area contributed by atoms with E-state index in [1.165, 1.54) is 12.3 Å². The molecular formula is C10H7N5O2S. The summed E-state index contributed by atoms with van der Waals surface area (Å²) in [5.41, 5.74) is 0.393. The molecule has 0 aliphatic rings. The second-order valence-corrected chi connectivity index (χ2v) is 5.34. The molecule has 90 valence electrons. The molecule has 18 heavy (non-hydrogen) atoms. The number of nitrogens with one attached hydrogen (secondary N) is 1. The second-order valence-electron chi connectivity index (χ2n) is 3.53. The van der Waals surface area contributed by atoms with Crippen molar-refractivity contribution in [1.82, 2.24) is 25.6 Å². The van der Waals surface area contributed by atoms with Crippen LogP contribution in [0.25, 0.3) is 10.9 Å². The third-order valence-electron chi connectivity index (χ3n) is 2.45. The molecule has 7 nitrogen and oxygen atoms in total. The van der Waals surface area contributed by atoms with E-state index in [0.29, 0.717) is 5.52 Å². The van der Waals surface area contributed by atoms with E-state index in [2.05, 4.69) is 25.6 Å². The number of benzene rings is 1. The third-order valence-corrected chi connectivity index (χ3v) is 4.01. The fourth-order valence-corrected chi connectivity index (χ4v) is 2.85. The predicted molar refractivity (Wildman–Crippen MR) is 61.4 cm³/mol. The summed E-state index contributed by atoms with van der Waals surface area (Å²) >= 11 is 0. The minimum atomic E-state index is -3.80. The zero-order valence-electron chi connectivity index (χ0n) is 8.98. The van der Waals surface area contributed by atoms with E-state index in [0.717, 1.165) is 5.39 Å². The van der Waals surface area contributed by atoms with Crippen LogP contribution in [0.15, 0.2) is 46.6 Å². The van der Waals surface area contributed by atoms with Gasteiger partial charge in [-0.15, -0.1) is 5.10 Å². The third kappa shape index (κ3) is 1.54. The Labute approximate surface area is 102 Å². The van der Waals surface area contributed by atoms with Crippen LogP contribution in [0.3, 0.4) is 0 Å². The van der Waals surface area contributed by atoms with E-state index < -0.39 is 9.84 Å². The van der Waals surface area contributed by atoms with Crippen LogP contribution in [0.4, 0.5) is 0 Å². The first-order chi connectivity index (χ1) is 8.69. The Kier molecular flexibility index (Phi) is 2.30. The summed E-state index contributed by atoms with van der Waals surface area (Å²) in [6.45, 7) is 0. The molecule has 0 aliphatic heterocycles. The van der Waals surface area contributed by atoms with Crippen molar-refractivity contribution in [1.29, 1.82) is 0 Å². The Hall–Kier alpha value is -2.35. The maximum absolute atomic E-state index is 12.3. The molecule has 2 heterocycles. The number of hydrogen-bond acceptors (Lipinski definition) is 6. The lowest BCUT2D eigenvalue weighted by atomic mass is 10.2. The number of aromatic amines is 1. The van der Waals surface area contributed by atoms with Crippen LogP contribution >= 0.6 is 0 Å². The first-order valence-electron chi connectivity index (χ1n) is 5.02. The molecule has 0 unspecified atom stereocenters. The summed E-state index contributed by atoms with van der Waals surface area (Å²) in [6, 6.07) is 8.44. The Morgan fingerprint density at radius 2 is 1.94 bits per heavy atom. The fraction of sp³-hybridized carbons (Fsp3) is 0. The van der Waals surface area contributed by atoms with Crippen LogP contribution in [-0.2, 0) is 9.84 Å². The Morgan fingerprint density at radius 3 is 2.72 bits per heavy atom. The van der Waals surface area contributed by atoms with Crippen molar-refractivity contribution >= 4 is 20.7 Å². The van der Waals surface area contributed by atoms with Crippen molar-refractivity contribution in [2.24, 2.45) is 0 Å². The summed E-state index contributed by atoms with van der Waals surface area (Å²) in [5.74, 6) is 0. The van der Waals surface area contributed by atoms with Crippen molar-refractivity contribution in [3.8, 4) is 0 Å². The molecule has 0 atom stereocenters. The Bertz CT molecular complexity index is 793. The van der Waals surface area contributed by atoms with Crippen LogP contribution < -0.4 is 0 Å². The molecule has 3 rings (SSSR count). The molecule has 3 aromatic rings. The zero-order valence-corrected chi connectivity index (χ0v) is 9.79. The number of rotatable bonds is 2. The van der Waals surface area contributed by atoms with Gasteiger partial charge in [0.05, 0.1) is 5.52 Å². The minimum absolute atomic E-state index is 0.0713. The summed E-state index contributed by atoms with van der Waals surface area (Å²) in [6.07, 6.45) is 1.54. The van der Waals surface area contributed by atoms with Crippen molar-refractivity contribution in [3.63, 3.8) is 0 Å². The number of aromatic nitrogens is 5. The van der Waals surface area contributed by atoms with Gasteiger partial charge < -0.3 is 0 Å². The average molecular weight is 261 g/mol. The molecule has 0 spiro atoms. The van der Waals surface area contributed by atoms with Gasteiger partial charge >= 0.3 is 0 Å². The maximum Gasteiger partial charge on any atom is 0.293 e. The smallest absolute Gasteiger partial charge is 0.255 e. The van der Waals surface area contributed by atoms with Gasteiger partial charge in [0.15, 0.2) is 0 Å². The summed E-state index contributed by atoms with van der Waals surface area (Å²) < 4.78 is 24.6. The molecule has 1 N–H and O–H groups in total. The fourth-order valence-electron chi connectivity index (χ4n) is 1.66. The lowest BCUT2D eigenvalue weighted by Gasteiger charge is -2.03. The number of H-pyrrole nitrogens is 1. The molecule has 0 aliphatic carbocycles. The zero-order chi connectivity index (χ0) is 12.6. The Morgan fingerprint density at radius 1 is 1.11 bits per heavy atom. The number of nitrogens with zero attached hydrogens (tertiary/aromatic N) is 4. The van der Waals surface area contributed by atoms with E-state index in [1.807, 2.05) is 0 Å². The molecule has 2 aromatic heterocycles. The van der Waals surface area contributed by atoms with Crippen LogP contribution in [0, 0.1) is 0 Å². The second kappa shape index (κ2) is 3.84. The summed E-state index contributed by atoms with van der Waals surface area (Å²) in [7, 11) is -3.80. The highest BCUT2D eigenvalue weighted by Gasteiger charge is 2.25. The SMILES string of the molecule is O=S(=O)(c1nn[nH]n1)c1cccc2cccnc12. The topological polar surface area (TPSA) is 101 Å². The lowest BCUT2D eigenvalue weighted by molar-refractivity contribution is 0.588. The average Bonchev–Trinajstić information content (AvgIpc) is 2.92. The molecule has 0 amide bonds. The highest BCUT2D eigenvalue weighted by molar-refractivity contribution is 7.91. The van der Waals surface area contributed by atoms with Crippen LogP contribution in [0.2, 0.25) is 0 Å². The first kappa shape index (κ1) is 10.8. The van der Waals surface area contributed by atoms with Crippen LogP contribution in [-0.4, -0.2) is 34.0 Å². The van der Waals surface area contributed by atoms with Crippen LogP contribution in [0.1, 0.15) is 0 Å². The number of fused-ring (bicyclic) bond motifs is 1. The molecule has 0 saturated heterocycles. The standard InChI is InChI=1S/C10H7N5O2S/c16-18(17,10-12-14-15-13-10)8-5-1-3-7-4-2-6-11-9(7)8/h1-6H,(H,12,13,14,15). The summed E-state index contributed by atoms with van der Waals surface area (Å²) in [4.78, 5) is 4.16. The largest absolute Gasteiger partial charge is 0.293 e. The highest BCUT2D eigenvalue weighted by atomic mass is 32.2. The molecule has 8 heteroatoms. The number of para-hydroxylation sites is 1. The van der Waals surface area contributed by atoms with E-state index >= 15 is 0 Å². The van der Waals surface area contributed by atoms with E-state index in [-0.39, 0.29) is 10.1 Å². The molecular weight excluding hydrogens is 254 g/mol. The lowest BCUT2D eigenvalue weighted by Crippen LogP contribution is -2.05. The Balaban J connectivity index is 2.34. The molecule has 0 fully saturated rings. The maximum atomic E-state index is 12.3. The van der Waals surface area contributed by atoms with Gasteiger partial charge in [0.1, 0.15) is 4.90 Å². The van der Waals surface area contributed by atoms with E-state index in [4.69, 9.17) is 0 Å². The van der Waals surface area contributed by atoms with Gasteiger partial charge in [0.25, 0.3) is 5.16 Å².